The lowest BCUT2D eigenvalue weighted by Gasteiger charge is -2.50. The Hall–Kier alpha value is -0.750. The Bertz CT molecular complexity index is 713. The van der Waals surface area contributed by atoms with E-state index in [0.717, 1.165) is 32.1 Å². The molecule has 0 spiro atoms. The first-order chi connectivity index (χ1) is 14.9. The molecule has 0 aromatic carbocycles. The third-order valence-corrected chi connectivity index (χ3v) is 9.46. The lowest BCUT2D eigenvalue weighted by molar-refractivity contribution is -0.139. The summed E-state index contributed by atoms with van der Waals surface area (Å²) in [7, 11) is 0. The van der Waals surface area contributed by atoms with Crippen molar-refractivity contribution in [2.45, 2.75) is 110 Å². The standard InChI is InChI=1S/C27H46O5/c1-17(2)7-6-11-27(5,32)23-9-8-20(25(23,3)13-14-28)19-16-22(30)21-15-18(29)10-12-26(21,4)24(19)31/h16-18,20-23,28-30,32H,6-15H2,1-5H3/t18-,20-,21+,22-,23-,25-,26-,27-/m0/s1. The third-order valence-electron chi connectivity index (χ3n) is 9.46. The number of Topliss-reactive ketones (excluding diaryl/α,β-unsaturated/α-hetero) is 1. The largest absolute Gasteiger partial charge is 0.396 e. The van der Waals surface area contributed by atoms with Crippen molar-refractivity contribution in [1.29, 1.82) is 0 Å². The molecule has 4 N–H and O–H groups in total. The SMILES string of the molecule is CC(C)CCC[C@](C)(O)[C@H]1CC[C@@H](C2=C[C@H](O)[C@H]3C[C@@H](O)CC[C@]3(C)C2=O)[C@]1(C)CCO. The van der Waals surface area contributed by atoms with Crippen LogP contribution in [0, 0.1) is 34.5 Å². The molecule has 0 aromatic heterocycles. The number of fused-ring (bicyclic) bond motifs is 1. The summed E-state index contributed by atoms with van der Waals surface area (Å²) in [4.78, 5) is 13.8. The molecule has 0 radical (unpaired) electrons. The molecule has 3 aliphatic carbocycles. The van der Waals surface area contributed by atoms with Gasteiger partial charge in [0.15, 0.2) is 5.78 Å². The van der Waals surface area contributed by atoms with E-state index >= 15 is 0 Å². The number of rotatable bonds is 8. The molecule has 0 aliphatic heterocycles. The summed E-state index contributed by atoms with van der Waals surface area (Å²) < 4.78 is 0. The average Bonchev–Trinajstić information content (AvgIpc) is 3.03. The van der Waals surface area contributed by atoms with Crippen LogP contribution in [-0.4, -0.2) is 50.6 Å². The van der Waals surface area contributed by atoms with Crippen LogP contribution >= 0.6 is 0 Å². The number of aliphatic hydroxyl groups excluding tert-OH is 3. The van der Waals surface area contributed by atoms with Crippen LogP contribution in [0.2, 0.25) is 0 Å². The van der Waals surface area contributed by atoms with Gasteiger partial charge in [-0.15, -0.1) is 0 Å². The summed E-state index contributed by atoms with van der Waals surface area (Å²) in [6, 6.07) is 0. The summed E-state index contributed by atoms with van der Waals surface area (Å²) in [5, 5.41) is 42.6. The van der Waals surface area contributed by atoms with Crippen LogP contribution in [0.3, 0.4) is 0 Å². The zero-order valence-electron chi connectivity index (χ0n) is 20.8. The minimum atomic E-state index is -0.855. The molecule has 5 nitrogen and oxygen atoms in total. The van der Waals surface area contributed by atoms with E-state index in [4.69, 9.17) is 0 Å². The first-order valence-corrected chi connectivity index (χ1v) is 12.8. The van der Waals surface area contributed by atoms with Crippen molar-refractivity contribution in [2.24, 2.45) is 34.5 Å². The summed E-state index contributed by atoms with van der Waals surface area (Å²) in [5.41, 5.74) is -1.22. The summed E-state index contributed by atoms with van der Waals surface area (Å²) in [5.74, 6) is 0.365. The van der Waals surface area contributed by atoms with Crippen LogP contribution in [0.25, 0.3) is 0 Å². The fourth-order valence-electron chi connectivity index (χ4n) is 7.50. The molecule has 2 fully saturated rings. The number of hydrogen-bond acceptors (Lipinski definition) is 5. The number of aliphatic hydroxyl groups is 4. The van der Waals surface area contributed by atoms with Gasteiger partial charge in [0.2, 0.25) is 0 Å². The fourth-order valence-corrected chi connectivity index (χ4v) is 7.50. The Morgan fingerprint density at radius 3 is 2.50 bits per heavy atom. The predicted octanol–water partition coefficient (Wildman–Crippen LogP) is 4.02. The highest BCUT2D eigenvalue weighted by Gasteiger charge is 2.58. The predicted molar refractivity (Wildman–Crippen MR) is 126 cm³/mol. The molecule has 184 valence electrons. The molecule has 5 heteroatoms. The molecule has 32 heavy (non-hydrogen) atoms. The third kappa shape index (κ3) is 4.60. The molecule has 3 aliphatic rings. The second kappa shape index (κ2) is 9.48. The number of ketones is 1. The van der Waals surface area contributed by atoms with Crippen molar-refractivity contribution in [3.05, 3.63) is 11.6 Å². The minimum absolute atomic E-state index is 0.0103. The Balaban J connectivity index is 1.90. The van der Waals surface area contributed by atoms with Crippen LogP contribution in [0.15, 0.2) is 11.6 Å². The van der Waals surface area contributed by atoms with Crippen molar-refractivity contribution >= 4 is 5.78 Å². The maximum absolute atomic E-state index is 13.8. The first kappa shape index (κ1) is 25.9. The van der Waals surface area contributed by atoms with Gasteiger partial charge in [-0.3, -0.25) is 4.79 Å². The second-order valence-electron chi connectivity index (χ2n) is 12.2. The maximum atomic E-state index is 13.8. The summed E-state index contributed by atoms with van der Waals surface area (Å²) in [6.07, 6.45) is 7.07. The zero-order valence-corrected chi connectivity index (χ0v) is 20.8. The van der Waals surface area contributed by atoms with Crippen molar-refractivity contribution in [3.63, 3.8) is 0 Å². The molecule has 0 amide bonds. The fraction of sp³-hybridized carbons (Fsp3) is 0.889. The van der Waals surface area contributed by atoms with Crippen LogP contribution < -0.4 is 0 Å². The van der Waals surface area contributed by atoms with Gasteiger partial charge >= 0.3 is 0 Å². The van der Waals surface area contributed by atoms with Gasteiger partial charge in [0, 0.05) is 17.9 Å². The number of allylic oxidation sites excluding steroid dienone is 1. The van der Waals surface area contributed by atoms with Gasteiger partial charge in [0.1, 0.15) is 0 Å². The molecule has 0 saturated heterocycles. The molecule has 0 aromatic rings. The van der Waals surface area contributed by atoms with E-state index in [1.165, 1.54) is 0 Å². The van der Waals surface area contributed by atoms with E-state index in [1.54, 1.807) is 6.08 Å². The molecule has 3 rings (SSSR count). The Morgan fingerprint density at radius 2 is 1.88 bits per heavy atom. The highest BCUT2D eigenvalue weighted by Crippen LogP contribution is 2.60. The Morgan fingerprint density at radius 1 is 1.19 bits per heavy atom. The van der Waals surface area contributed by atoms with E-state index in [0.29, 0.717) is 37.2 Å². The van der Waals surface area contributed by atoms with E-state index in [-0.39, 0.29) is 30.1 Å². The molecule has 0 unspecified atom stereocenters. The molecule has 2 saturated carbocycles. The topological polar surface area (TPSA) is 98.0 Å². The smallest absolute Gasteiger partial charge is 0.165 e. The summed E-state index contributed by atoms with van der Waals surface area (Å²) >= 11 is 0. The van der Waals surface area contributed by atoms with Crippen LogP contribution in [0.4, 0.5) is 0 Å². The van der Waals surface area contributed by atoms with Gasteiger partial charge in [0.05, 0.1) is 17.8 Å². The van der Waals surface area contributed by atoms with Crippen LogP contribution in [0.1, 0.15) is 92.4 Å². The Labute approximate surface area is 194 Å². The highest BCUT2D eigenvalue weighted by molar-refractivity contribution is 6.01. The normalized spacial score (nSPS) is 42.0. The van der Waals surface area contributed by atoms with Crippen molar-refractivity contribution in [2.75, 3.05) is 6.61 Å². The Kier molecular flexibility index (Phi) is 7.66. The van der Waals surface area contributed by atoms with Crippen molar-refractivity contribution in [1.82, 2.24) is 0 Å². The van der Waals surface area contributed by atoms with Crippen molar-refractivity contribution < 1.29 is 25.2 Å². The van der Waals surface area contributed by atoms with E-state index in [1.807, 2.05) is 13.8 Å². The molecular weight excluding hydrogens is 404 g/mol. The lowest BCUT2D eigenvalue weighted by atomic mass is 9.55. The van der Waals surface area contributed by atoms with E-state index in [9.17, 15) is 25.2 Å². The first-order valence-electron chi connectivity index (χ1n) is 12.8. The monoisotopic (exact) mass is 450 g/mol. The zero-order chi connectivity index (χ0) is 23.9. The number of carbonyl (C=O) groups excluding carboxylic acids is 1. The van der Waals surface area contributed by atoms with E-state index < -0.39 is 28.6 Å². The highest BCUT2D eigenvalue weighted by atomic mass is 16.3. The molecule has 0 bridgehead atoms. The van der Waals surface area contributed by atoms with Gasteiger partial charge in [-0.1, -0.05) is 40.5 Å². The van der Waals surface area contributed by atoms with Gasteiger partial charge in [0.25, 0.3) is 0 Å². The summed E-state index contributed by atoms with van der Waals surface area (Å²) in [6.45, 7) is 10.4. The number of hydrogen-bond donors (Lipinski definition) is 4. The molecule has 8 atom stereocenters. The maximum Gasteiger partial charge on any atom is 0.165 e. The molecular formula is C27H46O5. The van der Waals surface area contributed by atoms with Gasteiger partial charge in [-0.25, -0.2) is 0 Å². The second-order valence-corrected chi connectivity index (χ2v) is 12.2. The quantitative estimate of drug-likeness (QED) is 0.448. The van der Waals surface area contributed by atoms with Crippen LogP contribution in [-0.2, 0) is 4.79 Å². The van der Waals surface area contributed by atoms with Gasteiger partial charge < -0.3 is 20.4 Å². The van der Waals surface area contributed by atoms with Gasteiger partial charge in [-0.05, 0) is 86.7 Å². The minimum Gasteiger partial charge on any atom is -0.396 e. The average molecular weight is 451 g/mol. The van der Waals surface area contributed by atoms with Gasteiger partial charge in [-0.2, -0.15) is 0 Å². The lowest BCUT2D eigenvalue weighted by Crippen LogP contribution is -2.52. The van der Waals surface area contributed by atoms with Crippen molar-refractivity contribution in [3.8, 4) is 0 Å². The van der Waals surface area contributed by atoms with Crippen LogP contribution in [0.5, 0.6) is 0 Å². The number of carbonyl (C=O) groups is 1. The molecule has 0 heterocycles. The van der Waals surface area contributed by atoms with E-state index in [2.05, 4.69) is 20.8 Å².